The van der Waals surface area contributed by atoms with Crippen LogP contribution in [-0.2, 0) is 14.9 Å². The number of ether oxygens (including phenoxy) is 1. The average molecular weight is 588 g/mol. The van der Waals surface area contributed by atoms with E-state index in [1.54, 1.807) is 0 Å². The molecule has 0 aliphatic carbocycles. The molecule has 2 aromatic rings. The fraction of sp³-hybridized carbons (Fsp3) is 0.548. The Bertz CT molecular complexity index is 1230. The molecule has 0 radical (unpaired) electrons. The number of carbonyl (C=O) groups excluding carboxylic acids is 2. The SMILES string of the molecule is CC(C)(C)OC(=O)N1CCC(CCCN2CCC3(CC2)C(=O)NCN3c2ccccc2)(c2ccc(Cl)c(Cl)c2)C1. The number of halogens is 2. The van der Waals surface area contributed by atoms with Gasteiger partial charge in [-0.1, -0.05) is 47.5 Å². The highest BCUT2D eigenvalue weighted by Crippen LogP contribution is 2.42. The minimum Gasteiger partial charge on any atom is -0.444 e. The Kier molecular flexibility index (Phi) is 8.29. The summed E-state index contributed by atoms with van der Waals surface area (Å²) in [5, 5.41) is 4.16. The zero-order valence-electron chi connectivity index (χ0n) is 23.7. The van der Waals surface area contributed by atoms with Gasteiger partial charge in [0, 0.05) is 37.3 Å². The molecule has 3 aliphatic heterocycles. The second-order valence-corrected chi connectivity index (χ2v) is 13.3. The highest BCUT2D eigenvalue weighted by Gasteiger charge is 2.50. The van der Waals surface area contributed by atoms with Gasteiger partial charge in [0.2, 0.25) is 5.91 Å². The Hall–Kier alpha value is -2.48. The molecule has 2 aromatic carbocycles. The van der Waals surface area contributed by atoms with Gasteiger partial charge in [-0.25, -0.2) is 4.79 Å². The van der Waals surface area contributed by atoms with Gasteiger partial charge in [0.05, 0.1) is 16.7 Å². The average Bonchev–Trinajstić information content (AvgIpc) is 3.49. The Balaban J connectivity index is 1.24. The van der Waals surface area contributed by atoms with Crippen molar-refractivity contribution in [3.8, 4) is 0 Å². The van der Waals surface area contributed by atoms with Crippen LogP contribution in [0.25, 0.3) is 0 Å². The summed E-state index contributed by atoms with van der Waals surface area (Å²) in [7, 11) is 0. The normalized spacial score (nSPS) is 23.1. The molecule has 3 saturated heterocycles. The quantitative estimate of drug-likeness (QED) is 0.444. The molecular weight excluding hydrogens is 547 g/mol. The molecule has 0 bridgehead atoms. The summed E-state index contributed by atoms with van der Waals surface area (Å²) < 4.78 is 5.68. The number of likely N-dealkylation sites (tertiary alicyclic amines) is 2. The lowest BCUT2D eigenvalue weighted by atomic mass is 9.76. The van der Waals surface area contributed by atoms with Crippen LogP contribution in [0.2, 0.25) is 10.0 Å². The Morgan fingerprint density at radius 3 is 2.40 bits per heavy atom. The van der Waals surface area contributed by atoms with Crippen molar-refractivity contribution in [1.82, 2.24) is 15.1 Å². The minimum absolute atomic E-state index is 0.141. The molecule has 40 heavy (non-hydrogen) atoms. The van der Waals surface area contributed by atoms with E-state index in [1.165, 1.54) is 0 Å². The number of hydrogen-bond acceptors (Lipinski definition) is 5. The zero-order chi connectivity index (χ0) is 28.5. The summed E-state index contributed by atoms with van der Waals surface area (Å²) in [4.78, 5) is 32.5. The lowest BCUT2D eigenvalue weighted by molar-refractivity contribution is -0.125. The number of benzene rings is 2. The minimum atomic E-state index is -0.538. The summed E-state index contributed by atoms with van der Waals surface area (Å²) in [6.07, 6.45) is 4.08. The van der Waals surface area contributed by atoms with Gasteiger partial charge < -0.3 is 24.8 Å². The predicted octanol–water partition coefficient (Wildman–Crippen LogP) is 6.08. The van der Waals surface area contributed by atoms with Gasteiger partial charge in [0.25, 0.3) is 0 Å². The van der Waals surface area contributed by atoms with Crippen molar-refractivity contribution in [3.05, 3.63) is 64.1 Å². The molecule has 1 N–H and O–H groups in total. The van der Waals surface area contributed by atoms with E-state index in [2.05, 4.69) is 27.2 Å². The van der Waals surface area contributed by atoms with Crippen LogP contribution in [0.15, 0.2) is 48.5 Å². The van der Waals surface area contributed by atoms with E-state index in [-0.39, 0.29) is 17.4 Å². The van der Waals surface area contributed by atoms with Gasteiger partial charge in [-0.3, -0.25) is 4.79 Å². The van der Waals surface area contributed by atoms with E-state index in [0.717, 1.165) is 63.0 Å². The van der Waals surface area contributed by atoms with Gasteiger partial charge in [-0.15, -0.1) is 0 Å². The van der Waals surface area contributed by atoms with Gasteiger partial charge in [0.1, 0.15) is 11.1 Å². The van der Waals surface area contributed by atoms with Crippen LogP contribution in [0, 0.1) is 0 Å². The number of rotatable bonds is 6. The molecule has 3 heterocycles. The number of anilines is 1. The van der Waals surface area contributed by atoms with E-state index >= 15 is 0 Å². The summed E-state index contributed by atoms with van der Waals surface area (Å²) >= 11 is 12.7. The number of nitrogens with one attached hydrogen (secondary N) is 1. The maximum atomic E-state index is 13.0. The van der Waals surface area contributed by atoms with Crippen molar-refractivity contribution < 1.29 is 14.3 Å². The van der Waals surface area contributed by atoms with Crippen molar-refractivity contribution in [2.24, 2.45) is 0 Å². The maximum absolute atomic E-state index is 13.0. The number of nitrogens with zero attached hydrogens (tertiary/aromatic N) is 3. The topological polar surface area (TPSA) is 65.1 Å². The lowest BCUT2D eigenvalue weighted by Crippen LogP contribution is -2.56. The second kappa shape index (κ2) is 11.4. The first-order chi connectivity index (χ1) is 19.0. The van der Waals surface area contributed by atoms with Gasteiger partial charge in [0.15, 0.2) is 0 Å². The fourth-order valence-corrected chi connectivity index (χ4v) is 6.88. The van der Waals surface area contributed by atoms with Crippen LogP contribution in [0.1, 0.15) is 58.4 Å². The molecular formula is C31H40Cl2N4O3. The molecule has 1 spiro atoms. The number of amides is 2. The molecule has 7 nitrogen and oxygen atoms in total. The number of hydrogen-bond donors (Lipinski definition) is 1. The molecule has 5 rings (SSSR count). The van der Waals surface area contributed by atoms with Crippen molar-refractivity contribution in [2.75, 3.05) is 44.3 Å². The van der Waals surface area contributed by atoms with Crippen molar-refractivity contribution in [1.29, 1.82) is 0 Å². The number of piperidine rings is 1. The highest BCUT2D eigenvalue weighted by molar-refractivity contribution is 6.42. The van der Waals surface area contributed by atoms with Gasteiger partial charge in [-0.05, 0) is 89.2 Å². The van der Waals surface area contributed by atoms with Crippen LogP contribution in [0.3, 0.4) is 0 Å². The number of para-hydroxylation sites is 1. The molecule has 3 fully saturated rings. The third-order valence-electron chi connectivity index (χ3n) is 8.76. The molecule has 1 atom stereocenters. The molecule has 1 unspecified atom stereocenters. The second-order valence-electron chi connectivity index (χ2n) is 12.5. The standard InChI is InChI=1S/C31H40Cl2N4O3/c1-29(2,3)40-28(39)36-19-13-30(21-36,23-10-11-25(32)26(33)20-23)12-7-16-35-17-14-31(15-18-35)27(38)34-22-37(31)24-8-5-4-6-9-24/h4-6,8-11,20H,7,12-19,21-22H2,1-3H3,(H,34,38). The van der Waals surface area contributed by atoms with Crippen LogP contribution < -0.4 is 10.2 Å². The molecule has 2 amide bonds. The Morgan fingerprint density at radius 1 is 1.00 bits per heavy atom. The molecule has 3 aliphatic rings. The largest absolute Gasteiger partial charge is 0.444 e. The maximum Gasteiger partial charge on any atom is 0.410 e. The molecule has 216 valence electrons. The van der Waals surface area contributed by atoms with Crippen LogP contribution in [-0.4, -0.2) is 72.3 Å². The third-order valence-corrected chi connectivity index (χ3v) is 9.49. The monoisotopic (exact) mass is 586 g/mol. The molecule has 0 saturated carbocycles. The smallest absolute Gasteiger partial charge is 0.410 e. The predicted molar refractivity (Wildman–Crippen MR) is 160 cm³/mol. The van der Waals surface area contributed by atoms with Crippen LogP contribution >= 0.6 is 23.2 Å². The first kappa shape index (κ1) is 29.0. The first-order valence-electron chi connectivity index (χ1n) is 14.3. The van der Waals surface area contributed by atoms with E-state index in [9.17, 15) is 9.59 Å². The number of carbonyl (C=O) groups is 2. The van der Waals surface area contributed by atoms with E-state index < -0.39 is 11.1 Å². The highest BCUT2D eigenvalue weighted by atomic mass is 35.5. The summed E-state index contributed by atoms with van der Waals surface area (Å²) in [6.45, 7) is 10.2. The van der Waals surface area contributed by atoms with Crippen molar-refractivity contribution in [3.63, 3.8) is 0 Å². The third kappa shape index (κ3) is 5.93. The summed E-state index contributed by atoms with van der Waals surface area (Å²) in [6, 6.07) is 16.1. The van der Waals surface area contributed by atoms with Gasteiger partial charge in [-0.2, -0.15) is 0 Å². The Labute approximate surface area is 247 Å². The lowest BCUT2D eigenvalue weighted by Gasteiger charge is -2.43. The molecule has 9 heteroatoms. The van der Waals surface area contributed by atoms with Crippen LogP contribution in [0.4, 0.5) is 10.5 Å². The fourth-order valence-electron chi connectivity index (χ4n) is 6.59. The van der Waals surface area contributed by atoms with Crippen molar-refractivity contribution >= 4 is 40.9 Å². The summed E-state index contributed by atoms with van der Waals surface area (Å²) in [5.74, 6) is 0.141. The van der Waals surface area contributed by atoms with E-state index in [1.807, 2.05) is 62.1 Å². The Morgan fingerprint density at radius 2 is 1.73 bits per heavy atom. The first-order valence-corrected chi connectivity index (χ1v) is 15.0. The zero-order valence-corrected chi connectivity index (χ0v) is 25.2. The summed E-state index contributed by atoms with van der Waals surface area (Å²) in [5.41, 5.74) is 0.986. The van der Waals surface area contributed by atoms with Crippen LogP contribution in [0.5, 0.6) is 0 Å². The van der Waals surface area contributed by atoms with Gasteiger partial charge >= 0.3 is 6.09 Å². The van der Waals surface area contributed by atoms with E-state index in [0.29, 0.717) is 29.8 Å². The van der Waals surface area contributed by atoms with E-state index in [4.69, 9.17) is 27.9 Å². The van der Waals surface area contributed by atoms with Crippen molar-refractivity contribution in [2.45, 2.75) is 69.4 Å². The molecule has 0 aromatic heterocycles.